The second-order valence-electron chi connectivity index (χ2n) is 10.7. The van der Waals surface area contributed by atoms with Gasteiger partial charge in [-0.05, 0) is 86.7 Å². The molecule has 0 atom stereocenters. The van der Waals surface area contributed by atoms with Gasteiger partial charge >= 0.3 is 5.97 Å². The Morgan fingerprint density at radius 2 is 1.28 bits per heavy atom. The zero-order valence-corrected chi connectivity index (χ0v) is 26.7. The third-order valence-electron chi connectivity index (χ3n) is 7.28. The van der Waals surface area contributed by atoms with Crippen LogP contribution in [0.4, 0.5) is 0 Å². The molecule has 0 amide bonds. The van der Waals surface area contributed by atoms with Crippen molar-refractivity contribution in [1.82, 2.24) is 0 Å². The Kier molecular flexibility index (Phi) is 13.1. The molecule has 0 aliphatic rings. The number of hydrogen-bond donors (Lipinski definition) is 3. The lowest BCUT2D eigenvalue weighted by molar-refractivity contribution is -0.137. The molecule has 0 saturated heterocycles. The lowest BCUT2D eigenvalue weighted by Crippen LogP contribution is -2.12. The Morgan fingerprint density at radius 3 is 1.85 bits per heavy atom. The van der Waals surface area contributed by atoms with Crippen LogP contribution in [0.1, 0.15) is 62.1 Å². The average molecular weight is 636 g/mol. The Hall–Kier alpha value is -5.44. The SMILES string of the molecule is C=CC(=O)OCCCCCCOc1ccc(C(=N)Oc2c(C=N)cc(OC(=N)c3ccc(OCCCC)cc3)c3ccccc23)cc1. The zero-order valence-electron chi connectivity index (χ0n) is 26.7. The van der Waals surface area contributed by atoms with Crippen LogP contribution in [0.15, 0.2) is 91.5 Å². The van der Waals surface area contributed by atoms with E-state index in [0.29, 0.717) is 64.5 Å². The summed E-state index contributed by atoms with van der Waals surface area (Å²) >= 11 is 0. The zero-order chi connectivity index (χ0) is 33.4. The monoisotopic (exact) mass is 635 g/mol. The van der Waals surface area contributed by atoms with Gasteiger partial charge in [0, 0.05) is 39.8 Å². The van der Waals surface area contributed by atoms with E-state index < -0.39 is 5.97 Å². The van der Waals surface area contributed by atoms with Crippen molar-refractivity contribution >= 4 is 34.8 Å². The van der Waals surface area contributed by atoms with Crippen molar-refractivity contribution in [2.75, 3.05) is 19.8 Å². The number of benzene rings is 4. The van der Waals surface area contributed by atoms with Gasteiger partial charge in [-0.1, -0.05) is 44.2 Å². The molecule has 0 aliphatic heterocycles. The molecule has 4 rings (SSSR count). The number of unbranched alkanes of at least 4 members (excludes halogenated alkanes) is 4. The molecule has 4 aromatic carbocycles. The van der Waals surface area contributed by atoms with Crippen molar-refractivity contribution in [3.8, 4) is 23.0 Å². The van der Waals surface area contributed by atoms with Crippen LogP contribution in [0.25, 0.3) is 10.8 Å². The van der Waals surface area contributed by atoms with Gasteiger partial charge in [0.05, 0.1) is 19.8 Å². The molecular weight excluding hydrogens is 594 g/mol. The van der Waals surface area contributed by atoms with E-state index in [2.05, 4.69) is 13.5 Å². The summed E-state index contributed by atoms with van der Waals surface area (Å²) in [6.45, 7) is 7.08. The molecule has 4 aromatic rings. The quantitative estimate of drug-likeness (QED) is 0.0330. The lowest BCUT2D eigenvalue weighted by Gasteiger charge is -2.17. The highest BCUT2D eigenvalue weighted by Gasteiger charge is 2.18. The summed E-state index contributed by atoms with van der Waals surface area (Å²) in [5.74, 6) is 1.68. The van der Waals surface area contributed by atoms with Gasteiger partial charge in [-0.25, -0.2) is 4.79 Å². The summed E-state index contributed by atoms with van der Waals surface area (Å²) in [5, 5.41) is 26.7. The predicted molar refractivity (Wildman–Crippen MR) is 185 cm³/mol. The highest BCUT2D eigenvalue weighted by molar-refractivity contribution is 6.05. The van der Waals surface area contributed by atoms with E-state index in [4.69, 9.17) is 39.9 Å². The van der Waals surface area contributed by atoms with E-state index in [0.717, 1.165) is 56.6 Å². The average Bonchev–Trinajstić information content (AvgIpc) is 3.10. The summed E-state index contributed by atoms with van der Waals surface area (Å²) in [5.41, 5.74) is 1.55. The summed E-state index contributed by atoms with van der Waals surface area (Å²) in [6.07, 6.45) is 7.91. The molecule has 9 heteroatoms. The van der Waals surface area contributed by atoms with Crippen molar-refractivity contribution in [1.29, 1.82) is 16.2 Å². The van der Waals surface area contributed by atoms with Crippen molar-refractivity contribution in [2.45, 2.75) is 45.4 Å². The first-order valence-corrected chi connectivity index (χ1v) is 15.8. The second kappa shape index (κ2) is 17.9. The molecule has 0 unspecified atom stereocenters. The minimum atomic E-state index is -0.397. The lowest BCUT2D eigenvalue weighted by atomic mass is 10.0. The molecule has 0 aromatic heterocycles. The number of fused-ring (bicyclic) bond motifs is 1. The van der Waals surface area contributed by atoms with Crippen LogP contribution in [0.2, 0.25) is 0 Å². The highest BCUT2D eigenvalue weighted by Crippen LogP contribution is 2.37. The van der Waals surface area contributed by atoms with E-state index in [1.165, 1.54) is 0 Å². The van der Waals surface area contributed by atoms with Gasteiger partial charge in [-0.3, -0.25) is 10.8 Å². The maximum Gasteiger partial charge on any atom is 0.330 e. The molecule has 0 spiro atoms. The van der Waals surface area contributed by atoms with Crippen molar-refractivity contribution in [3.63, 3.8) is 0 Å². The van der Waals surface area contributed by atoms with E-state index in [9.17, 15) is 4.79 Å². The third kappa shape index (κ3) is 10.0. The Morgan fingerprint density at radius 1 is 0.723 bits per heavy atom. The first-order valence-electron chi connectivity index (χ1n) is 15.8. The summed E-state index contributed by atoms with van der Waals surface area (Å²) < 4.78 is 28.6. The van der Waals surface area contributed by atoms with Crippen LogP contribution in [0.5, 0.6) is 23.0 Å². The second-order valence-corrected chi connectivity index (χ2v) is 10.7. The minimum absolute atomic E-state index is 0.0403. The van der Waals surface area contributed by atoms with Gasteiger partial charge in [-0.15, -0.1) is 0 Å². The maximum absolute atomic E-state index is 11.1. The van der Waals surface area contributed by atoms with E-state index in [-0.39, 0.29) is 11.8 Å². The third-order valence-corrected chi connectivity index (χ3v) is 7.28. The van der Waals surface area contributed by atoms with Crippen LogP contribution in [0, 0.1) is 16.2 Å². The maximum atomic E-state index is 11.1. The van der Waals surface area contributed by atoms with E-state index in [1.54, 1.807) is 42.5 Å². The number of nitrogens with one attached hydrogen (secondary N) is 3. The molecule has 47 heavy (non-hydrogen) atoms. The van der Waals surface area contributed by atoms with Gasteiger partial charge in [0.2, 0.25) is 11.8 Å². The summed E-state index contributed by atoms with van der Waals surface area (Å²) in [6, 6.07) is 23.4. The number of ether oxygens (including phenoxy) is 5. The molecule has 3 N–H and O–H groups in total. The first-order chi connectivity index (χ1) is 22.9. The summed E-state index contributed by atoms with van der Waals surface area (Å²) in [4.78, 5) is 11.1. The molecule has 0 aliphatic carbocycles. The van der Waals surface area contributed by atoms with Crippen molar-refractivity contribution in [2.24, 2.45) is 0 Å². The molecular formula is C38H41N3O6. The smallest absolute Gasteiger partial charge is 0.330 e. The fraction of sp³-hybridized carbons (Fsp3) is 0.263. The Labute approximate surface area is 275 Å². The first kappa shape index (κ1) is 34.4. The van der Waals surface area contributed by atoms with Crippen LogP contribution in [-0.4, -0.2) is 43.8 Å². The molecule has 0 bridgehead atoms. The van der Waals surface area contributed by atoms with Gasteiger partial charge in [0.15, 0.2) is 0 Å². The fourth-order valence-corrected chi connectivity index (χ4v) is 4.69. The van der Waals surface area contributed by atoms with Crippen molar-refractivity contribution in [3.05, 3.63) is 108 Å². The Bertz CT molecular complexity index is 1680. The van der Waals surface area contributed by atoms with Gasteiger partial charge in [0.1, 0.15) is 23.0 Å². The molecule has 244 valence electrons. The molecule has 0 heterocycles. The molecule has 0 radical (unpaired) electrons. The largest absolute Gasteiger partial charge is 0.494 e. The summed E-state index contributed by atoms with van der Waals surface area (Å²) in [7, 11) is 0. The molecule has 0 saturated carbocycles. The normalized spacial score (nSPS) is 10.6. The molecule has 0 fully saturated rings. The topological polar surface area (TPSA) is 135 Å². The fourth-order valence-electron chi connectivity index (χ4n) is 4.69. The number of rotatable bonds is 18. The van der Waals surface area contributed by atoms with Crippen LogP contribution in [-0.2, 0) is 9.53 Å². The predicted octanol–water partition coefficient (Wildman–Crippen LogP) is 8.49. The van der Waals surface area contributed by atoms with E-state index >= 15 is 0 Å². The number of carbonyl (C=O) groups excluding carboxylic acids is 1. The van der Waals surface area contributed by atoms with Crippen molar-refractivity contribution < 1.29 is 28.5 Å². The minimum Gasteiger partial charge on any atom is -0.494 e. The number of carbonyl (C=O) groups is 1. The van der Waals surface area contributed by atoms with Crippen LogP contribution in [0.3, 0.4) is 0 Å². The van der Waals surface area contributed by atoms with E-state index in [1.807, 2.05) is 36.4 Å². The highest BCUT2D eigenvalue weighted by atomic mass is 16.5. The number of hydrogen-bond acceptors (Lipinski definition) is 9. The Balaban J connectivity index is 1.37. The van der Waals surface area contributed by atoms with Gasteiger partial charge < -0.3 is 29.1 Å². The molecule has 9 nitrogen and oxygen atoms in total. The van der Waals surface area contributed by atoms with Crippen LogP contribution < -0.4 is 18.9 Å². The standard InChI is InChI=1S/C38H41N3O6/c1-3-5-22-43-30-18-14-27(15-19-30)37(40)46-34-25-29(26-39)36(33-13-9-8-12-32(33)34)47-38(41)28-16-20-31(21-17-28)44-23-10-6-7-11-24-45-35(42)4-2/h4,8-9,12-21,25-26,39-41H,2-3,5-7,10-11,22-24H2,1H3. The van der Waals surface area contributed by atoms with Gasteiger partial charge in [-0.2, -0.15) is 0 Å². The van der Waals surface area contributed by atoms with Crippen LogP contribution >= 0.6 is 0 Å². The van der Waals surface area contributed by atoms with Gasteiger partial charge in [0.25, 0.3) is 0 Å². The number of esters is 1.